The number of carbonyl (C=O) groups excluding carboxylic acids is 1. The molecule has 3 aromatic carbocycles. The Bertz CT molecular complexity index is 1520. The molecule has 0 radical (unpaired) electrons. The van der Waals surface area contributed by atoms with E-state index in [1.165, 1.54) is 11.8 Å². The molecule has 0 aliphatic carbocycles. The standard InChI is InChI=1S/C29H25Cl2N3OS/c1-3-19-9-5-7-11-25(19)32-29-34(4-2)28(35)27(36-29)15-21-18-33(26-12-8-6-10-23(21)26)17-20-13-14-22(30)16-24(20)31/h5-16,18H,3-4,17H2,1-2H3/b27-15+,32-29?. The number of hydrogen-bond donors (Lipinski definition) is 0. The lowest BCUT2D eigenvalue weighted by Gasteiger charge is -2.12. The van der Waals surface area contributed by atoms with Crippen LogP contribution in [0.5, 0.6) is 0 Å². The Morgan fingerprint density at radius 2 is 1.75 bits per heavy atom. The summed E-state index contributed by atoms with van der Waals surface area (Å²) in [5.74, 6) is -0.0205. The van der Waals surface area contributed by atoms with Gasteiger partial charge in [-0.15, -0.1) is 0 Å². The number of likely N-dealkylation sites (N-methyl/N-ethyl adjacent to an activating group) is 1. The fraction of sp³-hybridized carbons (Fsp3) is 0.172. The molecular weight excluding hydrogens is 509 g/mol. The van der Waals surface area contributed by atoms with Crippen LogP contribution < -0.4 is 0 Å². The van der Waals surface area contributed by atoms with Crippen LogP contribution in [0, 0.1) is 0 Å². The quantitative estimate of drug-likeness (QED) is 0.234. The number of aliphatic imine (C=N–C) groups is 1. The number of halogens is 2. The lowest BCUT2D eigenvalue weighted by Crippen LogP contribution is -2.28. The summed E-state index contributed by atoms with van der Waals surface area (Å²) in [7, 11) is 0. The van der Waals surface area contributed by atoms with Crippen LogP contribution in [0.15, 0.2) is 82.8 Å². The van der Waals surface area contributed by atoms with Crippen molar-refractivity contribution in [1.82, 2.24) is 9.47 Å². The van der Waals surface area contributed by atoms with Gasteiger partial charge < -0.3 is 4.57 Å². The fourth-order valence-corrected chi connectivity index (χ4v) is 5.90. The SMILES string of the molecule is CCc1ccccc1N=C1S/C(=C/c2cn(Cc3ccc(Cl)cc3Cl)c3ccccc23)C(=O)N1CC. The van der Waals surface area contributed by atoms with Crippen molar-refractivity contribution in [1.29, 1.82) is 0 Å². The van der Waals surface area contributed by atoms with Gasteiger partial charge in [-0.3, -0.25) is 9.69 Å². The smallest absolute Gasteiger partial charge is 0.266 e. The van der Waals surface area contributed by atoms with Gasteiger partial charge >= 0.3 is 0 Å². The Morgan fingerprint density at radius 3 is 2.53 bits per heavy atom. The van der Waals surface area contributed by atoms with Gasteiger partial charge in [-0.2, -0.15) is 0 Å². The number of amidine groups is 1. The van der Waals surface area contributed by atoms with Gasteiger partial charge in [0.15, 0.2) is 5.17 Å². The average Bonchev–Trinajstić information content (AvgIpc) is 3.37. The number of nitrogens with zero attached hydrogens (tertiary/aromatic N) is 3. The molecular formula is C29H25Cl2N3OS. The molecule has 1 aliphatic heterocycles. The van der Waals surface area contributed by atoms with Crippen molar-refractivity contribution in [2.75, 3.05) is 6.54 Å². The van der Waals surface area contributed by atoms with Crippen LogP contribution in [0.1, 0.15) is 30.5 Å². The summed E-state index contributed by atoms with van der Waals surface area (Å²) in [6.45, 7) is 5.25. The van der Waals surface area contributed by atoms with E-state index in [0.29, 0.717) is 33.2 Å². The van der Waals surface area contributed by atoms with E-state index >= 15 is 0 Å². The van der Waals surface area contributed by atoms with E-state index in [9.17, 15) is 4.79 Å². The minimum Gasteiger partial charge on any atom is -0.342 e. The van der Waals surface area contributed by atoms with Gasteiger partial charge in [-0.05, 0) is 66.6 Å². The molecule has 0 saturated carbocycles. The molecule has 0 unspecified atom stereocenters. The van der Waals surface area contributed by atoms with Crippen LogP contribution in [-0.4, -0.2) is 27.1 Å². The summed E-state index contributed by atoms with van der Waals surface area (Å²) in [4.78, 5) is 20.6. The van der Waals surface area contributed by atoms with Crippen LogP contribution in [0.25, 0.3) is 17.0 Å². The topological polar surface area (TPSA) is 37.6 Å². The molecule has 1 aromatic heterocycles. The van der Waals surface area contributed by atoms with E-state index in [-0.39, 0.29) is 5.91 Å². The van der Waals surface area contributed by atoms with Crippen molar-refractivity contribution >= 4 is 68.7 Å². The van der Waals surface area contributed by atoms with Gasteiger partial charge in [0.2, 0.25) is 0 Å². The van der Waals surface area contributed by atoms with Gasteiger partial charge in [0, 0.05) is 45.8 Å². The van der Waals surface area contributed by atoms with Crippen LogP contribution >= 0.6 is 35.0 Å². The molecule has 0 bridgehead atoms. The zero-order valence-corrected chi connectivity index (χ0v) is 22.4. The van der Waals surface area contributed by atoms with Crippen LogP contribution in [0.4, 0.5) is 5.69 Å². The molecule has 0 spiro atoms. The van der Waals surface area contributed by atoms with Crippen molar-refractivity contribution in [2.45, 2.75) is 26.8 Å². The van der Waals surface area contributed by atoms with E-state index < -0.39 is 0 Å². The maximum Gasteiger partial charge on any atom is 0.266 e. The first-order valence-electron chi connectivity index (χ1n) is 11.9. The number of aryl methyl sites for hydroxylation is 1. The molecule has 1 saturated heterocycles. The second-order valence-corrected chi connectivity index (χ2v) is 10.4. The van der Waals surface area contributed by atoms with E-state index in [2.05, 4.69) is 35.9 Å². The highest BCUT2D eigenvalue weighted by molar-refractivity contribution is 8.18. The third-order valence-corrected chi connectivity index (χ3v) is 7.85. The molecule has 4 nitrogen and oxygen atoms in total. The molecule has 7 heteroatoms. The van der Waals surface area contributed by atoms with Gasteiger partial charge in [0.25, 0.3) is 5.91 Å². The molecule has 36 heavy (non-hydrogen) atoms. The van der Waals surface area contributed by atoms with Crippen molar-refractivity contribution in [3.63, 3.8) is 0 Å². The number of thioether (sulfide) groups is 1. The number of amides is 1. The summed E-state index contributed by atoms with van der Waals surface area (Å²) in [6, 6.07) is 21.8. The van der Waals surface area contributed by atoms with Crippen molar-refractivity contribution in [3.05, 3.63) is 105 Å². The lowest BCUT2D eigenvalue weighted by molar-refractivity contribution is -0.122. The third kappa shape index (κ3) is 4.83. The minimum absolute atomic E-state index is 0.0205. The molecule has 5 rings (SSSR count). The first kappa shape index (κ1) is 24.7. The van der Waals surface area contributed by atoms with E-state index in [4.69, 9.17) is 28.2 Å². The third-order valence-electron chi connectivity index (χ3n) is 6.25. The predicted molar refractivity (Wildman–Crippen MR) is 153 cm³/mol. The zero-order chi connectivity index (χ0) is 25.2. The Hall–Kier alpha value is -2.99. The van der Waals surface area contributed by atoms with Crippen molar-refractivity contribution in [3.8, 4) is 0 Å². The van der Waals surface area contributed by atoms with Gasteiger partial charge in [-0.25, -0.2) is 4.99 Å². The van der Waals surface area contributed by atoms with Crippen molar-refractivity contribution in [2.24, 2.45) is 4.99 Å². The molecule has 4 aromatic rings. The highest BCUT2D eigenvalue weighted by atomic mass is 35.5. The molecule has 1 fully saturated rings. The highest BCUT2D eigenvalue weighted by Crippen LogP contribution is 2.36. The minimum atomic E-state index is -0.0205. The number of aromatic nitrogens is 1. The summed E-state index contributed by atoms with van der Waals surface area (Å²) in [5.41, 5.74) is 5.11. The number of hydrogen-bond acceptors (Lipinski definition) is 3. The maximum absolute atomic E-state index is 13.3. The molecule has 0 N–H and O–H groups in total. The molecule has 182 valence electrons. The van der Waals surface area contributed by atoms with E-state index in [1.807, 2.05) is 55.5 Å². The number of para-hydroxylation sites is 2. The molecule has 2 heterocycles. The highest BCUT2D eigenvalue weighted by Gasteiger charge is 2.32. The zero-order valence-electron chi connectivity index (χ0n) is 20.0. The van der Waals surface area contributed by atoms with Crippen LogP contribution in [0.2, 0.25) is 10.0 Å². The predicted octanol–water partition coefficient (Wildman–Crippen LogP) is 8.18. The maximum atomic E-state index is 13.3. The Labute approximate surface area is 225 Å². The normalized spacial score (nSPS) is 16.1. The fourth-order valence-electron chi connectivity index (χ4n) is 4.39. The monoisotopic (exact) mass is 533 g/mol. The number of carbonyl (C=O) groups is 1. The lowest BCUT2D eigenvalue weighted by atomic mass is 10.1. The molecule has 1 amide bonds. The van der Waals surface area contributed by atoms with E-state index in [1.54, 1.807) is 11.0 Å². The van der Waals surface area contributed by atoms with Gasteiger partial charge in [0.05, 0.1) is 10.6 Å². The second-order valence-electron chi connectivity index (χ2n) is 8.50. The average molecular weight is 535 g/mol. The largest absolute Gasteiger partial charge is 0.342 e. The summed E-state index contributed by atoms with van der Waals surface area (Å²) < 4.78 is 2.16. The first-order valence-corrected chi connectivity index (χ1v) is 13.5. The van der Waals surface area contributed by atoms with Gasteiger partial charge in [-0.1, -0.05) is 72.6 Å². The summed E-state index contributed by atoms with van der Waals surface area (Å²) >= 11 is 14.0. The second kappa shape index (κ2) is 10.6. The van der Waals surface area contributed by atoms with Crippen LogP contribution in [-0.2, 0) is 17.8 Å². The Kier molecular flexibility index (Phi) is 7.24. The number of benzene rings is 3. The van der Waals surface area contributed by atoms with Crippen molar-refractivity contribution < 1.29 is 4.79 Å². The Morgan fingerprint density at radius 1 is 0.972 bits per heavy atom. The number of fused-ring (bicyclic) bond motifs is 1. The summed E-state index contributed by atoms with van der Waals surface area (Å²) in [5, 5.41) is 3.04. The van der Waals surface area contributed by atoms with Crippen LogP contribution in [0.3, 0.4) is 0 Å². The molecule has 0 atom stereocenters. The Balaban J connectivity index is 1.53. The number of rotatable bonds is 6. The first-order chi connectivity index (χ1) is 17.5. The van der Waals surface area contributed by atoms with Gasteiger partial charge in [0.1, 0.15) is 0 Å². The molecule has 1 aliphatic rings. The van der Waals surface area contributed by atoms with E-state index in [0.717, 1.165) is 39.7 Å². The summed E-state index contributed by atoms with van der Waals surface area (Å²) in [6.07, 6.45) is 4.94.